The van der Waals surface area contributed by atoms with E-state index in [4.69, 9.17) is 4.42 Å². The highest BCUT2D eigenvalue weighted by molar-refractivity contribution is 7.17. The van der Waals surface area contributed by atoms with E-state index in [0.717, 1.165) is 22.3 Å². The van der Waals surface area contributed by atoms with Crippen LogP contribution in [0.15, 0.2) is 52.9 Å². The fourth-order valence-corrected chi connectivity index (χ4v) is 2.77. The highest BCUT2D eigenvalue weighted by Crippen LogP contribution is 2.30. The molecule has 4 heteroatoms. The average molecular weight is 282 g/mol. The van der Waals surface area contributed by atoms with E-state index in [1.165, 1.54) is 11.3 Å². The zero-order valence-corrected chi connectivity index (χ0v) is 11.2. The molecule has 0 unspecified atom stereocenters. The van der Waals surface area contributed by atoms with Crippen LogP contribution in [0.4, 0.5) is 0 Å². The molecule has 3 aromatic rings. The van der Waals surface area contributed by atoms with E-state index in [2.05, 4.69) is 0 Å². The van der Waals surface area contributed by atoms with Gasteiger partial charge in [-0.25, -0.2) is 0 Å². The number of furan rings is 1. The van der Waals surface area contributed by atoms with Crippen molar-refractivity contribution in [1.82, 2.24) is 0 Å². The van der Waals surface area contributed by atoms with Crippen molar-refractivity contribution in [2.45, 2.75) is 0 Å². The normalized spacial score (nSPS) is 10.4. The fourth-order valence-electron chi connectivity index (χ4n) is 1.94. The summed E-state index contributed by atoms with van der Waals surface area (Å²) in [5, 5.41) is 0. The maximum absolute atomic E-state index is 10.7. The predicted octanol–water partition coefficient (Wildman–Crippen LogP) is 4.30. The molecule has 0 radical (unpaired) electrons. The zero-order chi connectivity index (χ0) is 13.9. The Hall–Kier alpha value is -2.46. The Morgan fingerprint density at radius 2 is 1.55 bits per heavy atom. The summed E-state index contributed by atoms with van der Waals surface area (Å²) in [5.74, 6) is 0.983. The molecule has 2 heterocycles. The van der Waals surface area contributed by atoms with E-state index in [9.17, 15) is 9.59 Å². The molecule has 0 saturated carbocycles. The van der Waals surface area contributed by atoms with Crippen LogP contribution in [0.3, 0.4) is 0 Å². The maximum Gasteiger partial charge on any atom is 0.185 e. The third-order valence-electron chi connectivity index (χ3n) is 2.94. The van der Waals surface area contributed by atoms with Gasteiger partial charge >= 0.3 is 0 Å². The molecule has 0 atom stereocenters. The molecule has 2 aromatic heterocycles. The second kappa shape index (κ2) is 5.27. The first kappa shape index (κ1) is 12.6. The van der Waals surface area contributed by atoms with Crippen LogP contribution in [0.1, 0.15) is 20.2 Å². The van der Waals surface area contributed by atoms with E-state index in [1.807, 2.05) is 36.4 Å². The van der Waals surface area contributed by atoms with Crippen LogP contribution in [-0.4, -0.2) is 12.6 Å². The van der Waals surface area contributed by atoms with Gasteiger partial charge in [-0.3, -0.25) is 9.59 Å². The summed E-state index contributed by atoms with van der Waals surface area (Å²) in [6.07, 6.45) is 1.54. The Kier molecular flexibility index (Phi) is 3.31. The first-order valence-electron chi connectivity index (χ1n) is 6.01. The number of hydrogen-bond acceptors (Lipinski definition) is 4. The Labute approximate surface area is 119 Å². The minimum atomic E-state index is 0.318. The lowest BCUT2D eigenvalue weighted by atomic mass is 10.1. The smallest absolute Gasteiger partial charge is 0.185 e. The van der Waals surface area contributed by atoms with E-state index < -0.39 is 0 Å². The van der Waals surface area contributed by atoms with Crippen molar-refractivity contribution >= 4 is 23.9 Å². The third kappa shape index (κ3) is 2.33. The summed E-state index contributed by atoms with van der Waals surface area (Å²) in [7, 11) is 0. The highest BCUT2D eigenvalue weighted by atomic mass is 32.1. The maximum atomic E-state index is 10.7. The quantitative estimate of drug-likeness (QED) is 0.670. The highest BCUT2D eigenvalue weighted by Gasteiger charge is 2.06. The molecule has 1 aromatic carbocycles. The van der Waals surface area contributed by atoms with Crippen molar-refractivity contribution in [3.8, 4) is 21.8 Å². The van der Waals surface area contributed by atoms with Gasteiger partial charge in [0, 0.05) is 10.4 Å². The first-order chi connectivity index (χ1) is 9.80. The summed E-state index contributed by atoms with van der Waals surface area (Å²) >= 11 is 1.46. The molecule has 0 aliphatic carbocycles. The molecule has 0 spiro atoms. The Morgan fingerprint density at radius 3 is 2.15 bits per heavy atom. The first-order valence-corrected chi connectivity index (χ1v) is 6.82. The van der Waals surface area contributed by atoms with E-state index in [-0.39, 0.29) is 0 Å². The van der Waals surface area contributed by atoms with Crippen LogP contribution in [0.5, 0.6) is 0 Å². The van der Waals surface area contributed by atoms with Gasteiger partial charge in [0.15, 0.2) is 18.3 Å². The van der Waals surface area contributed by atoms with Crippen molar-refractivity contribution in [1.29, 1.82) is 0 Å². The number of aldehydes is 2. The number of benzene rings is 1. The Bertz CT molecular complexity index is 685. The minimum absolute atomic E-state index is 0.318. The molecule has 0 fully saturated rings. The van der Waals surface area contributed by atoms with Crippen molar-refractivity contribution < 1.29 is 14.0 Å². The van der Waals surface area contributed by atoms with Gasteiger partial charge in [0.2, 0.25) is 0 Å². The number of thiophene rings is 1. The molecule has 0 saturated heterocycles. The Balaban J connectivity index is 1.90. The zero-order valence-electron chi connectivity index (χ0n) is 10.4. The molecule has 3 nitrogen and oxygen atoms in total. The fraction of sp³-hybridized carbons (Fsp3) is 0. The minimum Gasteiger partial charge on any atom is -0.453 e. The topological polar surface area (TPSA) is 47.3 Å². The van der Waals surface area contributed by atoms with Gasteiger partial charge in [-0.1, -0.05) is 24.3 Å². The van der Waals surface area contributed by atoms with Gasteiger partial charge in [-0.15, -0.1) is 11.3 Å². The Morgan fingerprint density at radius 1 is 0.800 bits per heavy atom. The summed E-state index contributed by atoms with van der Waals surface area (Å²) < 4.78 is 5.37. The van der Waals surface area contributed by atoms with Crippen LogP contribution in [0, 0.1) is 0 Å². The number of hydrogen-bond donors (Lipinski definition) is 0. The lowest BCUT2D eigenvalue weighted by Gasteiger charge is -2.00. The van der Waals surface area contributed by atoms with E-state index >= 15 is 0 Å². The molecule has 98 valence electrons. The number of carbonyl (C=O) groups is 2. The third-order valence-corrected chi connectivity index (χ3v) is 4.00. The van der Waals surface area contributed by atoms with Crippen LogP contribution in [0.2, 0.25) is 0 Å². The summed E-state index contributed by atoms with van der Waals surface area (Å²) in [6.45, 7) is 0. The lowest BCUT2D eigenvalue weighted by Crippen LogP contribution is -1.76. The second-order valence-electron chi connectivity index (χ2n) is 4.22. The predicted molar refractivity (Wildman–Crippen MR) is 78.2 cm³/mol. The molecular weight excluding hydrogens is 272 g/mol. The average Bonchev–Trinajstić information content (AvgIpc) is 3.16. The van der Waals surface area contributed by atoms with Gasteiger partial charge in [0.25, 0.3) is 0 Å². The molecule has 0 aliphatic rings. The summed E-state index contributed by atoms with van der Waals surface area (Å²) in [4.78, 5) is 23.1. The van der Waals surface area contributed by atoms with Gasteiger partial charge < -0.3 is 4.42 Å². The van der Waals surface area contributed by atoms with Crippen LogP contribution in [0.25, 0.3) is 21.8 Å². The van der Waals surface area contributed by atoms with Gasteiger partial charge in [0.05, 0.1) is 4.88 Å². The molecule has 0 bridgehead atoms. The van der Waals surface area contributed by atoms with Crippen molar-refractivity contribution in [2.75, 3.05) is 0 Å². The molecule has 3 rings (SSSR count). The van der Waals surface area contributed by atoms with Crippen LogP contribution >= 0.6 is 11.3 Å². The molecule has 0 N–H and O–H groups in total. The number of rotatable bonds is 4. The van der Waals surface area contributed by atoms with Crippen molar-refractivity contribution in [3.05, 3.63) is 59.2 Å². The number of carbonyl (C=O) groups excluding carboxylic acids is 2. The SMILES string of the molecule is O=Cc1ccc(-c2ccc(-c3ccc(C=O)s3)cc2)o1. The molecule has 0 amide bonds. The monoisotopic (exact) mass is 282 g/mol. The standard InChI is InChI=1S/C16H10O3S/c17-9-13-5-7-15(19-13)11-1-3-12(4-2-11)16-8-6-14(10-18)20-16/h1-10H. The molecular formula is C16H10O3S. The van der Waals surface area contributed by atoms with Gasteiger partial charge in [0.1, 0.15) is 5.76 Å². The summed E-state index contributed by atoms with van der Waals surface area (Å²) in [5.41, 5.74) is 1.96. The summed E-state index contributed by atoms with van der Waals surface area (Å²) in [6, 6.07) is 15.0. The largest absolute Gasteiger partial charge is 0.453 e. The molecule has 20 heavy (non-hydrogen) atoms. The van der Waals surface area contributed by atoms with Crippen molar-refractivity contribution in [3.63, 3.8) is 0 Å². The lowest BCUT2D eigenvalue weighted by molar-refractivity contribution is 0.109. The van der Waals surface area contributed by atoms with E-state index in [1.54, 1.807) is 12.1 Å². The van der Waals surface area contributed by atoms with E-state index in [0.29, 0.717) is 22.7 Å². The second-order valence-corrected chi connectivity index (χ2v) is 5.33. The van der Waals surface area contributed by atoms with Crippen LogP contribution in [-0.2, 0) is 0 Å². The van der Waals surface area contributed by atoms with Crippen molar-refractivity contribution in [2.24, 2.45) is 0 Å². The van der Waals surface area contributed by atoms with Gasteiger partial charge in [-0.2, -0.15) is 0 Å². The van der Waals surface area contributed by atoms with Gasteiger partial charge in [-0.05, 0) is 29.8 Å². The molecule has 0 aliphatic heterocycles. The van der Waals surface area contributed by atoms with Crippen LogP contribution < -0.4 is 0 Å².